The maximum atomic E-state index is 5.98. The molecule has 1 aliphatic heterocycles. The molecule has 92 valence electrons. The van der Waals surface area contributed by atoms with E-state index < -0.39 is 0 Å². The van der Waals surface area contributed by atoms with Crippen molar-refractivity contribution in [3.05, 3.63) is 54.6 Å². The van der Waals surface area contributed by atoms with Gasteiger partial charge in [-0.15, -0.1) is 0 Å². The molecule has 2 aromatic rings. The molecule has 0 amide bonds. The fourth-order valence-electron chi connectivity index (χ4n) is 2.38. The summed E-state index contributed by atoms with van der Waals surface area (Å²) in [6, 6.07) is 18.2. The van der Waals surface area contributed by atoms with Gasteiger partial charge in [0.15, 0.2) is 5.75 Å². The summed E-state index contributed by atoms with van der Waals surface area (Å²) < 4.78 is 5.98. The molecule has 0 unspecified atom stereocenters. The second kappa shape index (κ2) is 5.13. The lowest BCUT2D eigenvalue weighted by molar-refractivity contribution is 0.482. The minimum Gasteiger partial charge on any atom is -0.455 e. The molecule has 1 saturated heterocycles. The van der Waals surface area contributed by atoms with Crippen LogP contribution in [0.1, 0.15) is 12.8 Å². The van der Waals surface area contributed by atoms with Gasteiger partial charge in [0, 0.05) is 13.1 Å². The highest BCUT2D eigenvalue weighted by molar-refractivity contribution is 5.60. The maximum Gasteiger partial charge on any atom is 0.150 e. The number of anilines is 1. The first-order valence-electron chi connectivity index (χ1n) is 6.50. The van der Waals surface area contributed by atoms with E-state index in [-0.39, 0.29) is 0 Å². The molecule has 3 rings (SSSR count). The molecule has 0 atom stereocenters. The molecule has 0 radical (unpaired) electrons. The highest BCUT2D eigenvalue weighted by atomic mass is 16.5. The Hall–Kier alpha value is -1.96. The van der Waals surface area contributed by atoms with Gasteiger partial charge in [0.05, 0.1) is 5.69 Å². The summed E-state index contributed by atoms with van der Waals surface area (Å²) in [6.45, 7) is 2.27. The fraction of sp³-hybridized carbons (Fsp3) is 0.250. The summed E-state index contributed by atoms with van der Waals surface area (Å²) in [5, 5.41) is 0. The molecule has 2 aromatic carbocycles. The summed E-state index contributed by atoms with van der Waals surface area (Å²) in [4.78, 5) is 2.40. The highest BCUT2D eigenvalue weighted by Crippen LogP contribution is 2.33. The van der Waals surface area contributed by atoms with Crippen LogP contribution < -0.4 is 9.64 Å². The number of rotatable bonds is 3. The van der Waals surface area contributed by atoms with E-state index in [0.29, 0.717) is 0 Å². The summed E-state index contributed by atoms with van der Waals surface area (Å²) in [6.07, 6.45) is 2.55. The first-order valence-corrected chi connectivity index (χ1v) is 6.50. The number of nitrogens with zero attached hydrogens (tertiary/aromatic N) is 1. The summed E-state index contributed by atoms with van der Waals surface area (Å²) in [5.41, 5.74) is 1.21. The Balaban J connectivity index is 1.87. The normalized spacial score (nSPS) is 14.8. The molecule has 0 saturated carbocycles. The van der Waals surface area contributed by atoms with E-state index in [9.17, 15) is 0 Å². The minimum atomic E-state index is 0.893. The van der Waals surface area contributed by atoms with Gasteiger partial charge in [-0.3, -0.25) is 0 Å². The zero-order valence-electron chi connectivity index (χ0n) is 10.4. The second-order valence-corrected chi connectivity index (χ2v) is 4.58. The Bertz CT molecular complexity index is 504. The fourth-order valence-corrected chi connectivity index (χ4v) is 2.38. The standard InChI is InChI=1S/C16H17NO/c1-2-8-14(9-3-1)18-16-11-5-4-10-15(16)17-12-6-7-13-17/h1-5,8-11H,6-7,12-13H2. The van der Waals surface area contributed by atoms with Crippen molar-refractivity contribution in [2.24, 2.45) is 0 Å². The first-order chi connectivity index (χ1) is 8.93. The molecular formula is C16H17NO. The zero-order chi connectivity index (χ0) is 12.2. The van der Waals surface area contributed by atoms with E-state index in [4.69, 9.17) is 4.74 Å². The molecule has 2 nitrogen and oxygen atoms in total. The second-order valence-electron chi connectivity index (χ2n) is 4.58. The molecule has 0 aliphatic carbocycles. The Morgan fingerprint density at radius 1 is 0.778 bits per heavy atom. The predicted octanol–water partition coefficient (Wildman–Crippen LogP) is 4.08. The third-order valence-electron chi connectivity index (χ3n) is 3.28. The van der Waals surface area contributed by atoms with Crippen LogP contribution in [-0.2, 0) is 0 Å². The highest BCUT2D eigenvalue weighted by Gasteiger charge is 2.16. The average molecular weight is 239 g/mol. The van der Waals surface area contributed by atoms with Crippen molar-refractivity contribution in [3.63, 3.8) is 0 Å². The topological polar surface area (TPSA) is 12.5 Å². The van der Waals surface area contributed by atoms with E-state index in [1.807, 2.05) is 42.5 Å². The number of para-hydroxylation sites is 3. The maximum absolute atomic E-state index is 5.98. The van der Waals surface area contributed by atoms with Crippen molar-refractivity contribution in [2.45, 2.75) is 12.8 Å². The molecule has 1 heterocycles. The van der Waals surface area contributed by atoms with Crippen LogP contribution in [0.5, 0.6) is 11.5 Å². The van der Waals surface area contributed by atoms with E-state index in [1.54, 1.807) is 0 Å². The van der Waals surface area contributed by atoms with Crippen molar-refractivity contribution >= 4 is 5.69 Å². The van der Waals surface area contributed by atoms with Gasteiger partial charge in [-0.2, -0.15) is 0 Å². The van der Waals surface area contributed by atoms with Gasteiger partial charge in [0.2, 0.25) is 0 Å². The van der Waals surface area contributed by atoms with Gasteiger partial charge in [0.1, 0.15) is 5.75 Å². The molecule has 1 fully saturated rings. The minimum absolute atomic E-state index is 0.893. The van der Waals surface area contributed by atoms with Crippen LogP contribution in [-0.4, -0.2) is 13.1 Å². The molecule has 0 spiro atoms. The van der Waals surface area contributed by atoms with Gasteiger partial charge in [0.25, 0.3) is 0 Å². The van der Waals surface area contributed by atoms with Crippen molar-refractivity contribution in [1.29, 1.82) is 0 Å². The third-order valence-corrected chi connectivity index (χ3v) is 3.28. The Kier molecular flexibility index (Phi) is 3.18. The molecule has 1 aliphatic rings. The van der Waals surface area contributed by atoms with Crippen LogP contribution >= 0.6 is 0 Å². The molecule has 0 bridgehead atoms. The largest absolute Gasteiger partial charge is 0.455 e. The van der Waals surface area contributed by atoms with Gasteiger partial charge in [-0.1, -0.05) is 30.3 Å². The van der Waals surface area contributed by atoms with Crippen molar-refractivity contribution in [3.8, 4) is 11.5 Å². The lowest BCUT2D eigenvalue weighted by Crippen LogP contribution is -2.18. The predicted molar refractivity (Wildman–Crippen MR) is 74.4 cm³/mol. The van der Waals surface area contributed by atoms with Crippen molar-refractivity contribution in [1.82, 2.24) is 0 Å². The smallest absolute Gasteiger partial charge is 0.150 e. The van der Waals surface area contributed by atoms with Crippen molar-refractivity contribution in [2.75, 3.05) is 18.0 Å². The van der Waals surface area contributed by atoms with Gasteiger partial charge < -0.3 is 9.64 Å². The summed E-state index contributed by atoms with van der Waals surface area (Å²) >= 11 is 0. The first kappa shape index (κ1) is 11.1. The van der Waals surface area contributed by atoms with E-state index >= 15 is 0 Å². The molecule has 0 aromatic heterocycles. The number of hydrogen-bond donors (Lipinski definition) is 0. The number of hydrogen-bond acceptors (Lipinski definition) is 2. The number of ether oxygens (including phenoxy) is 1. The van der Waals surface area contributed by atoms with Gasteiger partial charge in [-0.25, -0.2) is 0 Å². The quantitative estimate of drug-likeness (QED) is 0.800. The molecule has 2 heteroatoms. The van der Waals surface area contributed by atoms with Crippen LogP contribution in [0, 0.1) is 0 Å². The summed E-state index contributed by atoms with van der Waals surface area (Å²) in [7, 11) is 0. The number of benzene rings is 2. The van der Waals surface area contributed by atoms with Crippen LogP contribution in [0.4, 0.5) is 5.69 Å². The molecule has 0 N–H and O–H groups in total. The van der Waals surface area contributed by atoms with E-state index in [2.05, 4.69) is 17.0 Å². The van der Waals surface area contributed by atoms with E-state index in [1.165, 1.54) is 18.5 Å². The lowest BCUT2D eigenvalue weighted by Gasteiger charge is -2.21. The third kappa shape index (κ3) is 2.33. The van der Waals surface area contributed by atoms with Gasteiger partial charge >= 0.3 is 0 Å². The van der Waals surface area contributed by atoms with Crippen LogP contribution in [0.3, 0.4) is 0 Å². The monoisotopic (exact) mass is 239 g/mol. The Morgan fingerprint density at radius 2 is 1.44 bits per heavy atom. The van der Waals surface area contributed by atoms with Gasteiger partial charge in [-0.05, 0) is 37.1 Å². The van der Waals surface area contributed by atoms with Crippen LogP contribution in [0.2, 0.25) is 0 Å². The van der Waals surface area contributed by atoms with Crippen LogP contribution in [0.15, 0.2) is 54.6 Å². The lowest BCUT2D eigenvalue weighted by atomic mass is 10.2. The zero-order valence-corrected chi connectivity index (χ0v) is 10.4. The van der Waals surface area contributed by atoms with Crippen molar-refractivity contribution < 1.29 is 4.74 Å². The van der Waals surface area contributed by atoms with Crippen LogP contribution in [0.25, 0.3) is 0 Å². The SMILES string of the molecule is c1ccc(Oc2ccccc2N2CCCC2)cc1. The average Bonchev–Trinajstić information content (AvgIpc) is 2.94. The molecule has 18 heavy (non-hydrogen) atoms. The molecular weight excluding hydrogens is 222 g/mol. The Morgan fingerprint density at radius 3 is 2.22 bits per heavy atom. The summed E-state index contributed by atoms with van der Waals surface area (Å²) in [5.74, 6) is 1.84. The van der Waals surface area contributed by atoms with E-state index in [0.717, 1.165) is 24.6 Å². The Labute approximate surface area is 108 Å².